The number of hydrogen-bond acceptors (Lipinski definition) is 3. The third-order valence-electron chi connectivity index (χ3n) is 3.34. The zero-order valence-corrected chi connectivity index (χ0v) is 13.7. The van der Waals surface area contributed by atoms with E-state index in [-0.39, 0.29) is 0 Å². The largest absolute Gasteiger partial charge is 0.373 e. The van der Waals surface area contributed by atoms with E-state index < -0.39 is 0 Å². The van der Waals surface area contributed by atoms with Gasteiger partial charge in [0, 0.05) is 25.2 Å². The monoisotopic (exact) mass is 283 g/mol. The minimum Gasteiger partial charge on any atom is -0.373 e. The Morgan fingerprint density at radius 3 is 2.24 bits per heavy atom. The van der Waals surface area contributed by atoms with Crippen molar-refractivity contribution >= 4 is 5.82 Å². The smallest absolute Gasteiger partial charge is 0.135 e. The van der Waals surface area contributed by atoms with Crippen molar-refractivity contribution in [1.82, 2.24) is 9.97 Å². The van der Waals surface area contributed by atoms with Crippen molar-refractivity contribution in [2.75, 3.05) is 12.4 Å². The molecular formula is C18H25N3. The molecule has 112 valence electrons. The third kappa shape index (κ3) is 4.55. The number of anilines is 1. The number of nitrogens with zero attached hydrogens (tertiary/aromatic N) is 2. The van der Waals surface area contributed by atoms with Crippen LogP contribution in [0.15, 0.2) is 24.3 Å². The molecule has 1 N–H and O–H groups in total. The number of hydrogen-bond donors (Lipinski definition) is 1. The molecule has 0 radical (unpaired) electrons. The molecule has 0 atom stereocenters. The van der Waals surface area contributed by atoms with Gasteiger partial charge in [0.2, 0.25) is 0 Å². The maximum absolute atomic E-state index is 4.73. The Morgan fingerprint density at radius 2 is 1.67 bits per heavy atom. The summed E-state index contributed by atoms with van der Waals surface area (Å²) in [4.78, 5) is 9.32. The molecule has 0 saturated carbocycles. The molecule has 3 nitrogen and oxygen atoms in total. The lowest BCUT2D eigenvalue weighted by Crippen LogP contribution is -2.06. The van der Waals surface area contributed by atoms with E-state index in [9.17, 15) is 0 Å². The summed E-state index contributed by atoms with van der Waals surface area (Å²) in [5.41, 5.74) is 4.97. The molecule has 1 aromatic carbocycles. The highest BCUT2D eigenvalue weighted by Gasteiger charge is 2.07. The molecular weight excluding hydrogens is 258 g/mol. The maximum Gasteiger partial charge on any atom is 0.135 e. The average Bonchev–Trinajstić information content (AvgIpc) is 2.36. The van der Waals surface area contributed by atoms with Gasteiger partial charge in [-0.05, 0) is 31.7 Å². The van der Waals surface area contributed by atoms with E-state index in [0.717, 1.165) is 30.2 Å². The van der Waals surface area contributed by atoms with Crippen molar-refractivity contribution in [1.29, 1.82) is 0 Å². The second-order valence-electron chi connectivity index (χ2n) is 6.18. The van der Waals surface area contributed by atoms with Crippen LogP contribution in [-0.4, -0.2) is 17.0 Å². The normalized spacial score (nSPS) is 11.0. The lowest BCUT2D eigenvalue weighted by molar-refractivity contribution is 0.631. The Kier molecular flexibility index (Phi) is 4.94. The molecule has 0 unspecified atom stereocenters. The first-order valence-electron chi connectivity index (χ1n) is 7.58. The Labute approximate surface area is 127 Å². The first-order valence-corrected chi connectivity index (χ1v) is 7.58. The number of benzene rings is 1. The molecule has 0 spiro atoms. The average molecular weight is 283 g/mol. The zero-order valence-electron chi connectivity index (χ0n) is 13.7. The second-order valence-corrected chi connectivity index (χ2v) is 6.18. The second kappa shape index (κ2) is 6.70. The van der Waals surface area contributed by atoms with Gasteiger partial charge in [-0.2, -0.15) is 0 Å². The van der Waals surface area contributed by atoms with Crippen LogP contribution in [0.25, 0.3) is 0 Å². The fourth-order valence-electron chi connectivity index (χ4n) is 2.64. The van der Waals surface area contributed by atoms with Gasteiger partial charge in [-0.1, -0.05) is 43.2 Å². The molecule has 21 heavy (non-hydrogen) atoms. The minimum atomic E-state index is 0.596. The fraction of sp³-hybridized carbons (Fsp3) is 0.444. The molecule has 0 aliphatic rings. The summed E-state index contributed by atoms with van der Waals surface area (Å²) in [7, 11) is 1.90. The SMILES string of the molecule is CNc1cc(CC(C)C)nc(Cc2cc(C)cc(C)c2)n1. The van der Waals surface area contributed by atoms with Crippen LogP contribution in [0.3, 0.4) is 0 Å². The number of nitrogens with one attached hydrogen (secondary N) is 1. The predicted octanol–water partition coefficient (Wildman–Crippen LogP) is 3.92. The summed E-state index contributed by atoms with van der Waals surface area (Å²) >= 11 is 0. The minimum absolute atomic E-state index is 0.596. The molecule has 1 aromatic heterocycles. The highest BCUT2D eigenvalue weighted by molar-refractivity contribution is 5.37. The molecule has 3 heteroatoms. The lowest BCUT2D eigenvalue weighted by Gasteiger charge is -2.10. The van der Waals surface area contributed by atoms with Crippen LogP contribution >= 0.6 is 0 Å². The van der Waals surface area contributed by atoms with Crippen molar-refractivity contribution in [3.05, 3.63) is 52.5 Å². The van der Waals surface area contributed by atoms with E-state index in [1.54, 1.807) is 0 Å². The van der Waals surface area contributed by atoms with E-state index in [1.165, 1.54) is 16.7 Å². The van der Waals surface area contributed by atoms with Gasteiger partial charge in [-0.15, -0.1) is 0 Å². The van der Waals surface area contributed by atoms with E-state index >= 15 is 0 Å². The maximum atomic E-state index is 4.73. The van der Waals surface area contributed by atoms with Crippen LogP contribution in [0.4, 0.5) is 5.82 Å². The number of rotatable bonds is 5. The summed E-state index contributed by atoms with van der Waals surface area (Å²) in [5.74, 6) is 2.39. The number of aryl methyl sites for hydroxylation is 2. The number of aromatic nitrogens is 2. The highest BCUT2D eigenvalue weighted by atomic mass is 15.0. The van der Waals surface area contributed by atoms with Gasteiger partial charge >= 0.3 is 0 Å². The van der Waals surface area contributed by atoms with Crippen molar-refractivity contribution in [3.63, 3.8) is 0 Å². The first kappa shape index (κ1) is 15.5. The Morgan fingerprint density at radius 1 is 1.00 bits per heavy atom. The quantitative estimate of drug-likeness (QED) is 0.903. The van der Waals surface area contributed by atoms with Gasteiger partial charge in [-0.3, -0.25) is 0 Å². The highest BCUT2D eigenvalue weighted by Crippen LogP contribution is 2.15. The fourth-order valence-corrected chi connectivity index (χ4v) is 2.64. The van der Waals surface area contributed by atoms with Crippen LogP contribution in [-0.2, 0) is 12.8 Å². The topological polar surface area (TPSA) is 37.8 Å². The van der Waals surface area contributed by atoms with Crippen LogP contribution in [0.1, 0.15) is 42.1 Å². The van der Waals surface area contributed by atoms with Crippen molar-refractivity contribution < 1.29 is 0 Å². The molecule has 2 aromatic rings. The van der Waals surface area contributed by atoms with Crippen LogP contribution in [0.2, 0.25) is 0 Å². The van der Waals surface area contributed by atoms with Gasteiger partial charge in [0.1, 0.15) is 11.6 Å². The standard InChI is InChI=1S/C18H25N3/c1-12(2)6-16-11-17(19-5)21-18(20-16)10-15-8-13(3)7-14(4)9-15/h7-9,11-12H,6,10H2,1-5H3,(H,19,20,21). The molecule has 0 saturated heterocycles. The summed E-state index contributed by atoms with van der Waals surface area (Å²) in [5, 5.41) is 3.14. The van der Waals surface area contributed by atoms with Crippen LogP contribution in [0.5, 0.6) is 0 Å². The Hall–Kier alpha value is -1.90. The van der Waals surface area contributed by atoms with Crippen molar-refractivity contribution in [3.8, 4) is 0 Å². The first-order chi connectivity index (χ1) is 9.96. The molecule has 1 heterocycles. The van der Waals surface area contributed by atoms with E-state index in [2.05, 4.69) is 56.2 Å². The lowest BCUT2D eigenvalue weighted by atomic mass is 10.0. The molecule has 0 bridgehead atoms. The molecule has 0 fully saturated rings. The van der Waals surface area contributed by atoms with Gasteiger partial charge < -0.3 is 5.32 Å². The van der Waals surface area contributed by atoms with Crippen LogP contribution < -0.4 is 5.32 Å². The summed E-state index contributed by atoms with van der Waals surface area (Å²) in [6.07, 6.45) is 1.76. The third-order valence-corrected chi connectivity index (χ3v) is 3.34. The van der Waals surface area contributed by atoms with Gasteiger partial charge in [0.05, 0.1) is 0 Å². The van der Waals surface area contributed by atoms with Crippen molar-refractivity contribution in [2.24, 2.45) is 5.92 Å². The Balaban J connectivity index is 2.29. The zero-order chi connectivity index (χ0) is 15.4. The van der Waals surface area contributed by atoms with E-state index in [1.807, 2.05) is 13.1 Å². The summed E-state index contributed by atoms with van der Waals surface area (Å²) < 4.78 is 0. The van der Waals surface area contributed by atoms with Gasteiger partial charge in [0.25, 0.3) is 0 Å². The van der Waals surface area contributed by atoms with Crippen molar-refractivity contribution in [2.45, 2.75) is 40.5 Å². The van der Waals surface area contributed by atoms with Gasteiger partial charge in [-0.25, -0.2) is 9.97 Å². The van der Waals surface area contributed by atoms with Gasteiger partial charge in [0.15, 0.2) is 0 Å². The van der Waals surface area contributed by atoms with Crippen LogP contribution in [0, 0.1) is 19.8 Å². The van der Waals surface area contributed by atoms with E-state index in [4.69, 9.17) is 4.98 Å². The molecule has 2 rings (SSSR count). The molecule has 0 aliphatic carbocycles. The molecule has 0 amide bonds. The predicted molar refractivity (Wildman–Crippen MR) is 88.8 cm³/mol. The summed E-state index contributed by atoms with van der Waals surface area (Å²) in [6.45, 7) is 8.69. The van der Waals surface area contributed by atoms with E-state index in [0.29, 0.717) is 5.92 Å². The molecule has 0 aliphatic heterocycles. The Bertz CT molecular complexity index is 598. The summed E-state index contributed by atoms with van der Waals surface area (Å²) in [6, 6.07) is 8.67.